The Kier molecular flexibility index (Phi) is 4.48. The Morgan fingerprint density at radius 1 is 1.47 bits per heavy atom. The summed E-state index contributed by atoms with van der Waals surface area (Å²) in [7, 11) is 0. The SMILES string of the molecule is [O]Cc1ccc(F)cc1OC[C@H](O)CO. The van der Waals surface area contributed by atoms with Gasteiger partial charge >= 0.3 is 0 Å². The molecule has 1 aromatic rings. The molecule has 1 atom stereocenters. The second-order valence-electron chi connectivity index (χ2n) is 3.04. The minimum absolute atomic E-state index is 0.109. The van der Waals surface area contributed by atoms with Crippen LogP contribution >= 0.6 is 0 Å². The highest BCUT2D eigenvalue weighted by atomic mass is 19.1. The molecule has 0 aliphatic carbocycles. The van der Waals surface area contributed by atoms with Gasteiger partial charge in [0.15, 0.2) is 0 Å². The second-order valence-corrected chi connectivity index (χ2v) is 3.04. The van der Waals surface area contributed by atoms with E-state index in [1.54, 1.807) is 0 Å². The van der Waals surface area contributed by atoms with Crippen LogP contribution in [0.25, 0.3) is 0 Å². The molecule has 15 heavy (non-hydrogen) atoms. The third-order valence-electron chi connectivity index (χ3n) is 1.83. The average Bonchev–Trinajstić information content (AvgIpc) is 2.26. The molecule has 2 N–H and O–H groups in total. The Morgan fingerprint density at radius 3 is 2.80 bits per heavy atom. The summed E-state index contributed by atoms with van der Waals surface area (Å²) in [6.07, 6.45) is -1.03. The fourth-order valence-electron chi connectivity index (χ4n) is 1.02. The first-order chi connectivity index (χ1) is 7.17. The van der Waals surface area contributed by atoms with E-state index >= 15 is 0 Å². The molecule has 83 valence electrons. The standard InChI is InChI=1S/C10H12FO4/c11-8-2-1-7(4-12)10(3-8)15-6-9(14)5-13/h1-3,9,13-14H,4-6H2/t9-/m1/s1. The van der Waals surface area contributed by atoms with Crippen molar-refractivity contribution in [1.29, 1.82) is 0 Å². The Balaban J connectivity index is 2.69. The predicted octanol–water partition coefficient (Wildman–Crippen LogP) is 0.488. The lowest BCUT2D eigenvalue weighted by Crippen LogP contribution is -2.21. The van der Waals surface area contributed by atoms with E-state index in [4.69, 9.17) is 14.9 Å². The number of benzene rings is 1. The van der Waals surface area contributed by atoms with Gasteiger partial charge in [-0.15, -0.1) is 0 Å². The van der Waals surface area contributed by atoms with Gasteiger partial charge in [-0.05, 0) is 12.1 Å². The maximum absolute atomic E-state index is 12.8. The van der Waals surface area contributed by atoms with Crippen LogP contribution in [0.2, 0.25) is 0 Å². The van der Waals surface area contributed by atoms with Crippen LogP contribution in [-0.4, -0.2) is 29.5 Å². The number of ether oxygens (including phenoxy) is 1. The van der Waals surface area contributed by atoms with Crippen molar-refractivity contribution in [3.8, 4) is 5.75 Å². The van der Waals surface area contributed by atoms with Crippen molar-refractivity contribution in [3.05, 3.63) is 29.6 Å². The summed E-state index contributed by atoms with van der Waals surface area (Å²) in [5, 5.41) is 28.2. The van der Waals surface area contributed by atoms with Gasteiger partial charge in [0.1, 0.15) is 30.9 Å². The summed E-state index contributed by atoms with van der Waals surface area (Å²) in [5.74, 6) is -0.404. The van der Waals surface area contributed by atoms with Crippen molar-refractivity contribution in [2.24, 2.45) is 0 Å². The zero-order valence-corrected chi connectivity index (χ0v) is 8.02. The van der Waals surface area contributed by atoms with Gasteiger partial charge in [0, 0.05) is 11.6 Å². The summed E-state index contributed by atoms with van der Waals surface area (Å²) in [6, 6.07) is 3.59. The lowest BCUT2D eigenvalue weighted by atomic mass is 10.2. The van der Waals surface area contributed by atoms with Crippen molar-refractivity contribution in [2.75, 3.05) is 13.2 Å². The lowest BCUT2D eigenvalue weighted by molar-refractivity contribution is 0.0523. The van der Waals surface area contributed by atoms with E-state index in [0.717, 1.165) is 6.07 Å². The van der Waals surface area contributed by atoms with E-state index in [9.17, 15) is 9.50 Å². The fourth-order valence-corrected chi connectivity index (χ4v) is 1.02. The molecule has 0 spiro atoms. The molecule has 4 nitrogen and oxygen atoms in total. The van der Waals surface area contributed by atoms with Crippen molar-refractivity contribution >= 4 is 0 Å². The summed E-state index contributed by atoms with van der Waals surface area (Å²) in [4.78, 5) is 0. The molecule has 1 aromatic carbocycles. The van der Waals surface area contributed by atoms with Gasteiger partial charge in [0.25, 0.3) is 0 Å². The molecular weight excluding hydrogens is 203 g/mol. The van der Waals surface area contributed by atoms with Crippen LogP contribution in [0.3, 0.4) is 0 Å². The third kappa shape index (κ3) is 3.47. The van der Waals surface area contributed by atoms with Gasteiger partial charge in [-0.25, -0.2) is 9.50 Å². The molecule has 0 saturated heterocycles. The van der Waals surface area contributed by atoms with E-state index in [0.29, 0.717) is 5.56 Å². The van der Waals surface area contributed by atoms with Crippen molar-refractivity contribution in [3.63, 3.8) is 0 Å². The van der Waals surface area contributed by atoms with Gasteiger partial charge in [0.2, 0.25) is 0 Å². The van der Waals surface area contributed by atoms with Crippen LogP contribution in [0.5, 0.6) is 5.75 Å². The molecule has 0 fully saturated rings. The van der Waals surface area contributed by atoms with Crippen molar-refractivity contribution in [1.82, 2.24) is 0 Å². The van der Waals surface area contributed by atoms with E-state index in [2.05, 4.69) is 0 Å². The summed E-state index contributed by atoms with van der Waals surface area (Å²) in [6.45, 7) is -1.14. The first-order valence-electron chi connectivity index (χ1n) is 4.45. The van der Waals surface area contributed by atoms with Crippen LogP contribution in [0, 0.1) is 5.82 Å². The van der Waals surface area contributed by atoms with Crippen LogP contribution < -0.4 is 4.74 Å². The van der Waals surface area contributed by atoms with E-state index in [-0.39, 0.29) is 12.4 Å². The average molecular weight is 215 g/mol. The number of aliphatic hydroxyl groups excluding tert-OH is 2. The Bertz CT molecular complexity index is 316. The first-order valence-corrected chi connectivity index (χ1v) is 4.45. The number of rotatable bonds is 5. The maximum Gasteiger partial charge on any atom is 0.127 e. The highest BCUT2D eigenvalue weighted by Crippen LogP contribution is 2.20. The Labute approximate surface area is 86.6 Å². The van der Waals surface area contributed by atoms with Gasteiger partial charge in [0.05, 0.1) is 6.61 Å². The summed E-state index contributed by atoms with van der Waals surface area (Å²) >= 11 is 0. The Hall–Kier alpha value is -1.17. The summed E-state index contributed by atoms with van der Waals surface area (Å²) in [5.41, 5.74) is 0.321. The Morgan fingerprint density at radius 2 is 2.20 bits per heavy atom. The topological polar surface area (TPSA) is 69.6 Å². The zero-order chi connectivity index (χ0) is 11.3. The molecule has 0 aromatic heterocycles. The monoisotopic (exact) mass is 215 g/mol. The highest BCUT2D eigenvalue weighted by Gasteiger charge is 2.08. The van der Waals surface area contributed by atoms with Gasteiger partial charge in [-0.2, -0.15) is 0 Å². The summed E-state index contributed by atoms with van der Waals surface area (Å²) < 4.78 is 17.8. The van der Waals surface area contributed by atoms with Crippen LogP contribution in [0.4, 0.5) is 4.39 Å². The molecule has 0 heterocycles. The third-order valence-corrected chi connectivity index (χ3v) is 1.83. The second kappa shape index (κ2) is 5.65. The van der Waals surface area contributed by atoms with E-state index < -0.39 is 25.1 Å². The molecule has 1 radical (unpaired) electrons. The van der Waals surface area contributed by atoms with Crippen molar-refractivity contribution < 1.29 is 24.4 Å². The van der Waals surface area contributed by atoms with Gasteiger partial charge in [-0.3, -0.25) is 0 Å². The molecular formula is C10H12FO4. The maximum atomic E-state index is 12.8. The van der Waals surface area contributed by atoms with Gasteiger partial charge in [-0.1, -0.05) is 0 Å². The smallest absolute Gasteiger partial charge is 0.127 e. The molecule has 0 unspecified atom stereocenters. The molecule has 0 bridgehead atoms. The van der Waals surface area contributed by atoms with E-state index in [1.165, 1.54) is 12.1 Å². The molecule has 0 aliphatic rings. The number of aliphatic hydroxyl groups is 2. The van der Waals surface area contributed by atoms with Crippen LogP contribution in [0.1, 0.15) is 5.56 Å². The molecule has 0 aliphatic heterocycles. The fraction of sp³-hybridized carbons (Fsp3) is 0.400. The number of hydrogen-bond donors (Lipinski definition) is 2. The number of hydrogen-bond acceptors (Lipinski definition) is 3. The van der Waals surface area contributed by atoms with Gasteiger partial charge < -0.3 is 14.9 Å². The van der Waals surface area contributed by atoms with Crippen LogP contribution in [0.15, 0.2) is 18.2 Å². The predicted molar refractivity (Wildman–Crippen MR) is 49.4 cm³/mol. The first kappa shape index (κ1) is 11.9. The normalized spacial score (nSPS) is 12.5. The largest absolute Gasteiger partial charge is 0.490 e. The number of halogens is 1. The quantitative estimate of drug-likeness (QED) is 0.750. The highest BCUT2D eigenvalue weighted by molar-refractivity contribution is 5.33. The minimum Gasteiger partial charge on any atom is -0.490 e. The molecule has 0 saturated carbocycles. The minimum atomic E-state index is -1.03. The molecule has 0 amide bonds. The molecule has 1 rings (SSSR count). The molecule has 5 heteroatoms. The van der Waals surface area contributed by atoms with E-state index in [1.807, 2.05) is 0 Å². The van der Waals surface area contributed by atoms with Crippen molar-refractivity contribution in [2.45, 2.75) is 12.7 Å². The zero-order valence-electron chi connectivity index (χ0n) is 8.02. The lowest BCUT2D eigenvalue weighted by Gasteiger charge is -2.12. The van der Waals surface area contributed by atoms with Crippen LogP contribution in [-0.2, 0) is 11.7 Å².